The highest BCUT2D eigenvalue weighted by Crippen LogP contribution is 2.20. The molecule has 0 saturated heterocycles. The van der Waals surface area contributed by atoms with Crippen molar-refractivity contribution in [1.82, 2.24) is 15.6 Å². The zero-order valence-corrected chi connectivity index (χ0v) is 13.1. The summed E-state index contributed by atoms with van der Waals surface area (Å²) in [6.45, 7) is 1.33. The Bertz CT molecular complexity index is 570. The highest BCUT2D eigenvalue weighted by atomic mass is 35.5. The lowest BCUT2D eigenvalue weighted by molar-refractivity contribution is -0.120. The van der Waals surface area contributed by atoms with E-state index in [-0.39, 0.29) is 24.7 Å². The van der Waals surface area contributed by atoms with Gasteiger partial charge in [0.2, 0.25) is 11.8 Å². The topological polar surface area (TPSA) is 67.2 Å². The number of carbonyl (C=O) groups excluding carboxylic acids is 1. The molecule has 0 bridgehead atoms. The summed E-state index contributed by atoms with van der Waals surface area (Å²) in [5.74, 6) is 0.413. The predicted molar refractivity (Wildman–Crippen MR) is 84.8 cm³/mol. The van der Waals surface area contributed by atoms with E-state index in [1.807, 2.05) is 19.2 Å². The van der Waals surface area contributed by atoms with Crippen molar-refractivity contribution in [3.63, 3.8) is 0 Å². The number of nitrogens with zero attached hydrogens (tertiary/aromatic N) is 1. The van der Waals surface area contributed by atoms with E-state index in [4.69, 9.17) is 16.0 Å². The molecule has 0 aliphatic heterocycles. The van der Waals surface area contributed by atoms with Gasteiger partial charge in [-0.2, -0.15) is 0 Å². The van der Waals surface area contributed by atoms with Crippen LogP contribution in [0.5, 0.6) is 0 Å². The fourth-order valence-corrected chi connectivity index (χ4v) is 1.79. The van der Waals surface area contributed by atoms with Gasteiger partial charge in [-0.3, -0.25) is 4.79 Å². The van der Waals surface area contributed by atoms with Gasteiger partial charge in [0, 0.05) is 23.7 Å². The van der Waals surface area contributed by atoms with Crippen LogP contribution in [0.1, 0.15) is 5.69 Å². The molecule has 1 heterocycles. The molecule has 0 spiro atoms. The van der Waals surface area contributed by atoms with E-state index in [0.717, 1.165) is 12.1 Å². The first-order valence-electron chi connectivity index (χ1n) is 6.30. The fourth-order valence-electron chi connectivity index (χ4n) is 1.67. The predicted octanol–water partition coefficient (Wildman–Crippen LogP) is 2.29. The Morgan fingerprint density at radius 2 is 2.00 bits per heavy atom. The number of likely N-dealkylation sites (N-methyl/N-ethyl adjacent to an activating group) is 1. The molecule has 0 aliphatic carbocycles. The molecule has 2 rings (SSSR count). The van der Waals surface area contributed by atoms with Gasteiger partial charge < -0.3 is 15.1 Å². The van der Waals surface area contributed by atoms with E-state index in [1.54, 1.807) is 12.1 Å². The van der Waals surface area contributed by atoms with Crippen molar-refractivity contribution in [2.24, 2.45) is 0 Å². The molecule has 0 radical (unpaired) electrons. The van der Waals surface area contributed by atoms with Gasteiger partial charge in [0.15, 0.2) is 0 Å². The Labute approximate surface area is 134 Å². The van der Waals surface area contributed by atoms with E-state index in [9.17, 15) is 4.79 Å². The van der Waals surface area contributed by atoms with Crippen LogP contribution in [-0.4, -0.2) is 31.0 Å². The normalized spacial score (nSPS) is 10.0. The third kappa shape index (κ3) is 5.38. The summed E-state index contributed by atoms with van der Waals surface area (Å²) in [7, 11) is 1.84. The van der Waals surface area contributed by atoms with Crippen molar-refractivity contribution in [2.75, 3.05) is 20.1 Å². The number of aromatic nitrogens is 1. The van der Waals surface area contributed by atoms with Crippen molar-refractivity contribution >= 4 is 29.9 Å². The van der Waals surface area contributed by atoms with Gasteiger partial charge in [-0.1, -0.05) is 11.6 Å². The summed E-state index contributed by atoms with van der Waals surface area (Å²) >= 11 is 5.82. The molecule has 21 heavy (non-hydrogen) atoms. The van der Waals surface area contributed by atoms with Gasteiger partial charge in [0.05, 0.1) is 12.1 Å². The third-order valence-corrected chi connectivity index (χ3v) is 2.93. The molecule has 2 N–H and O–H groups in total. The molecule has 5 nitrogen and oxygen atoms in total. The Hall–Kier alpha value is -1.56. The lowest BCUT2D eigenvalue weighted by Crippen LogP contribution is -2.31. The van der Waals surface area contributed by atoms with Gasteiger partial charge in [0.1, 0.15) is 6.26 Å². The van der Waals surface area contributed by atoms with Crippen LogP contribution in [0.3, 0.4) is 0 Å². The largest absolute Gasteiger partial charge is 0.444 e. The summed E-state index contributed by atoms with van der Waals surface area (Å²) in [4.78, 5) is 15.9. The summed E-state index contributed by atoms with van der Waals surface area (Å²) < 4.78 is 5.37. The number of hydrogen-bond acceptors (Lipinski definition) is 4. The summed E-state index contributed by atoms with van der Waals surface area (Å²) in [5, 5.41) is 6.40. The van der Waals surface area contributed by atoms with E-state index in [2.05, 4.69) is 15.6 Å². The Morgan fingerprint density at radius 3 is 2.67 bits per heavy atom. The van der Waals surface area contributed by atoms with E-state index < -0.39 is 0 Å². The SMILES string of the molecule is CNCCNC(=O)Cc1coc(-c2ccc(Cl)cc2)n1.Cl. The van der Waals surface area contributed by atoms with Gasteiger partial charge in [-0.25, -0.2) is 4.98 Å². The molecule has 1 aromatic carbocycles. The number of benzene rings is 1. The van der Waals surface area contributed by atoms with Crippen LogP contribution in [0.25, 0.3) is 11.5 Å². The average molecular weight is 330 g/mol. The molecule has 0 fully saturated rings. The summed E-state index contributed by atoms with van der Waals surface area (Å²) in [5.41, 5.74) is 1.44. The second kappa shape index (κ2) is 8.67. The zero-order valence-electron chi connectivity index (χ0n) is 11.6. The van der Waals surface area contributed by atoms with Crippen molar-refractivity contribution in [3.8, 4) is 11.5 Å². The van der Waals surface area contributed by atoms with Gasteiger partial charge in [-0.15, -0.1) is 12.4 Å². The molecule has 2 aromatic rings. The van der Waals surface area contributed by atoms with Crippen LogP contribution in [0, 0.1) is 0 Å². The smallest absolute Gasteiger partial charge is 0.226 e. The maximum Gasteiger partial charge on any atom is 0.226 e. The first-order chi connectivity index (χ1) is 9.69. The van der Waals surface area contributed by atoms with E-state index in [1.165, 1.54) is 6.26 Å². The number of amides is 1. The molecule has 1 amide bonds. The molecule has 0 saturated carbocycles. The lowest BCUT2D eigenvalue weighted by atomic mass is 10.2. The summed E-state index contributed by atoms with van der Waals surface area (Å²) in [6.07, 6.45) is 1.71. The number of oxazole rings is 1. The first-order valence-corrected chi connectivity index (χ1v) is 6.68. The molecule has 1 aromatic heterocycles. The van der Waals surface area contributed by atoms with Crippen molar-refractivity contribution < 1.29 is 9.21 Å². The summed E-state index contributed by atoms with van der Waals surface area (Å²) in [6, 6.07) is 7.19. The molecule has 114 valence electrons. The molecular weight excluding hydrogens is 313 g/mol. The molecule has 0 aliphatic rings. The van der Waals surface area contributed by atoms with Crippen molar-refractivity contribution in [1.29, 1.82) is 0 Å². The van der Waals surface area contributed by atoms with Gasteiger partial charge >= 0.3 is 0 Å². The third-order valence-electron chi connectivity index (χ3n) is 2.68. The maximum atomic E-state index is 11.6. The van der Waals surface area contributed by atoms with Crippen LogP contribution in [-0.2, 0) is 11.2 Å². The molecule has 0 atom stereocenters. The lowest BCUT2D eigenvalue weighted by Gasteiger charge is -2.02. The van der Waals surface area contributed by atoms with Gasteiger partial charge in [0.25, 0.3) is 0 Å². The Balaban J connectivity index is 0.00000220. The fraction of sp³-hybridized carbons (Fsp3) is 0.286. The number of halogens is 2. The highest BCUT2D eigenvalue weighted by Gasteiger charge is 2.10. The zero-order chi connectivity index (χ0) is 14.4. The van der Waals surface area contributed by atoms with Crippen LogP contribution in [0.4, 0.5) is 0 Å². The first kappa shape index (κ1) is 17.5. The monoisotopic (exact) mass is 329 g/mol. The van der Waals surface area contributed by atoms with Gasteiger partial charge in [-0.05, 0) is 31.3 Å². The molecule has 0 unspecified atom stereocenters. The number of hydrogen-bond donors (Lipinski definition) is 2. The minimum Gasteiger partial charge on any atom is -0.444 e. The van der Waals surface area contributed by atoms with Crippen LogP contribution in [0.15, 0.2) is 34.9 Å². The van der Waals surface area contributed by atoms with E-state index >= 15 is 0 Å². The van der Waals surface area contributed by atoms with Crippen LogP contribution < -0.4 is 10.6 Å². The van der Waals surface area contributed by atoms with E-state index in [0.29, 0.717) is 23.2 Å². The average Bonchev–Trinajstić information content (AvgIpc) is 2.88. The second-order valence-corrected chi connectivity index (χ2v) is 4.72. The Morgan fingerprint density at radius 1 is 1.29 bits per heavy atom. The quantitative estimate of drug-likeness (QED) is 0.798. The van der Waals surface area contributed by atoms with Crippen molar-refractivity contribution in [3.05, 3.63) is 41.2 Å². The minimum absolute atomic E-state index is 0. The molecule has 7 heteroatoms. The minimum atomic E-state index is -0.0730. The second-order valence-electron chi connectivity index (χ2n) is 4.28. The van der Waals surface area contributed by atoms with Crippen LogP contribution >= 0.6 is 24.0 Å². The maximum absolute atomic E-state index is 11.6. The standard InChI is InChI=1S/C14H16ClN3O2.ClH/c1-16-6-7-17-13(19)8-12-9-20-14(18-12)10-2-4-11(15)5-3-10;/h2-5,9,16H,6-8H2,1H3,(H,17,19);1H. The number of carbonyl (C=O) groups is 1. The Kier molecular flexibility index (Phi) is 7.22. The molecular formula is C14H17Cl2N3O2. The highest BCUT2D eigenvalue weighted by molar-refractivity contribution is 6.30. The van der Waals surface area contributed by atoms with Crippen LogP contribution in [0.2, 0.25) is 5.02 Å². The number of nitrogens with one attached hydrogen (secondary N) is 2. The van der Waals surface area contributed by atoms with Crippen molar-refractivity contribution in [2.45, 2.75) is 6.42 Å². The number of rotatable bonds is 6.